The summed E-state index contributed by atoms with van der Waals surface area (Å²) in [5.74, 6) is -3.61. The number of amides is 2. The molecule has 7 nitrogen and oxygen atoms in total. The Hall–Kier alpha value is -3.50. The molecule has 2 amide bonds. The van der Waals surface area contributed by atoms with Gasteiger partial charge < -0.3 is 15.3 Å². The third-order valence-electron chi connectivity index (χ3n) is 7.30. The fourth-order valence-electron chi connectivity index (χ4n) is 5.34. The standard InChI is InChI=1S/C27H24ClF3N4O3/c28-20-11-21(34-25(36)15-4-3-9-32-12-15)18(24(30)31)10-16(20)14-35-22-6-2-1-5-19(22)27(38,26(35)37)23-8-7-17(29)13-33-23/h1-9,12-13,16,18,20-21,24,38H,10-11,14H2,(H,34,36)/t16-,18-,20-,21-,27-/m1/s1. The minimum atomic E-state index is -2.73. The van der Waals surface area contributed by atoms with Crippen molar-refractivity contribution in [3.05, 3.63) is 89.8 Å². The number of fused-ring (bicyclic) bond motifs is 1. The van der Waals surface area contributed by atoms with Gasteiger partial charge in [-0.1, -0.05) is 18.2 Å². The highest BCUT2D eigenvalue weighted by Gasteiger charge is 2.53. The topological polar surface area (TPSA) is 95.4 Å². The van der Waals surface area contributed by atoms with Gasteiger partial charge in [0.25, 0.3) is 11.8 Å². The first-order valence-electron chi connectivity index (χ1n) is 12.1. The smallest absolute Gasteiger partial charge is 0.270 e. The van der Waals surface area contributed by atoms with Gasteiger partial charge in [0.2, 0.25) is 12.0 Å². The highest BCUT2D eigenvalue weighted by molar-refractivity contribution is 6.21. The van der Waals surface area contributed by atoms with Gasteiger partial charge in [-0.25, -0.2) is 13.2 Å². The maximum atomic E-state index is 14.2. The third-order valence-corrected chi connectivity index (χ3v) is 7.84. The minimum absolute atomic E-state index is 0.0278. The number of carbonyl (C=O) groups is 2. The monoisotopic (exact) mass is 544 g/mol. The summed E-state index contributed by atoms with van der Waals surface area (Å²) < 4.78 is 41.8. The number of rotatable bonds is 6. The number of hydrogen-bond acceptors (Lipinski definition) is 5. The number of para-hydroxylation sites is 1. The van der Waals surface area contributed by atoms with Crippen LogP contribution in [0.2, 0.25) is 0 Å². The zero-order chi connectivity index (χ0) is 27.0. The predicted octanol–water partition coefficient (Wildman–Crippen LogP) is 3.90. The van der Waals surface area contributed by atoms with Gasteiger partial charge in [-0.2, -0.15) is 0 Å². The summed E-state index contributed by atoms with van der Waals surface area (Å²) in [7, 11) is 0. The van der Waals surface area contributed by atoms with Crippen LogP contribution in [-0.2, 0) is 10.4 Å². The largest absolute Gasteiger partial charge is 0.370 e. The van der Waals surface area contributed by atoms with E-state index in [9.17, 15) is 27.9 Å². The van der Waals surface area contributed by atoms with Crippen LogP contribution >= 0.6 is 11.6 Å². The highest BCUT2D eigenvalue weighted by Crippen LogP contribution is 2.45. The lowest BCUT2D eigenvalue weighted by atomic mass is 9.77. The zero-order valence-electron chi connectivity index (χ0n) is 20.0. The van der Waals surface area contributed by atoms with Crippen LogP contribution in [0.5, 0.6) is 0 Å². The molecule has 11 heteroatoms. The fraction of sp³-hybridized carbons (Fsp3) is 0.333. The molecule has 3 heterocycles. The summed E-state index contributed by atoms with van der Waals surface area (Å²) >= 11 is 6.67. The first kappa shape index (κ1) is 26.1. The van der Waals surface area contributed by atoms with Crippen molar-refractivity contribution in [3.63, 3.8) is 0 Å². The summed E-state index contributed by atoms with van der Waals surface area (Å²) in [4.78, 5) is 35.4. The van der Waals surface area contributed by atoms with E-state index in [4.69, 9.17) is 11.6 Å². The van der Waals surface area contributed by atoms with Crippen molar-refractivity contribution in [2.24, 2.45) is 11.8 Å². The summed E-state index contributed by atoms with van der Waals surface area (Å²) in [6.45, 7) is -0.0278. The number of benzene rings is 1. The lowest BCUT2D eigenvalue weighted by Crippen LogP contribution is -2.52. The van der Waals surface area contributed by atoms with E-state index >= 15 is 0 Å². The highest BCUT2D eigenvalue weighted by atomic mass is 35.5. The van der Waals surface area contributed by atoms with Gasteiger partial charge in [0, 0.05) is 41.8 Å². The molecule has 1 aromatic carbocycles. The second-order valence-electron chi connectivity index (χ2n) is 9.57. The zero-order valence-corrected chi connectivity index (χ0v) is 20.7. The molecule has 38 heavy (non-hydrogen) atoms. The maximum absolute atomic E-state index is 14.2. The Bertz CT molecular complexity index is 1330. The number of anilines is 1. The molecule has 2 N–H and O–H groups in total. The van der Waals surface area contributed by atoms with Crippen molar-refractivity contribution < 1.29 is 27.9 Å². The molecule has 1 fully saturated rings. The number of pyridine rings is 2. The average Bonchev–Trinajstić information content (AvgIpc) is 3.13. The third kappa shape index (κ3) is 4.63. The number of nitrogens with zero attached hydrogens (tertiary/aromatic N) is 3. The molecule has 2 aromatic heterocycles. The molecule has 0 unspecified atom stereocenters. The Morgan fingerprint density at radius 1 is 1.16 bits per heavy atom. The number of halogens is 4. The first-order valence-corrected chi connectivity index (χ1v) is 12.5. The van der Waals surface area contributed by atoms with Crippen molar-refractivity contribution in [1.82, 2.24) is 15.3 Å². The van der Waals surface area contributed by atoms with E-state index < -0.39 is 52.9 Å². The average molecular weight is 545 g/mol. The summed E-state index contributed by atoms with van der Waals surface area (Å²) in [6.07, 6.45) is 1.05. The first-order chi connectivity index (χ1) is 18.2. The van der Waals surface area contributed by atoms with E-state index in [1.54, 1.807) is 30.3 Å². The molecular formula is C27H24ClF3N4O3. The molecule has 0 bridgehead atoms. The van der Waals surface area contributed by atoms with Crippen molar-refractivity contribution >= 4 is 29.1 Å². The van der Waals surface area contributed by atoms with Crippen LogP contribution in [0.15, 0.2) is 67.1 Å². The molecular weight excluding hydrogens is 521 g/mol. The van der Waals surface area contributed by atoms with Gasteiger partial charge in [0.1, 0.15) is 5.82 Å². The molecule has 0 spiro atoms. The number of carbonyl (C=O) groups excluding carboxylic acids is 2. The van der Waals surface area contributed by atoms with Crippen molar-refractivity contribution in [1.29, 1.82) is 0 Å². The molecule has 2 aliphatic rings. The lowest BCUT2D eigenvalue weighted by Gasteiger charge is -2.40. The van der Waals surface area contributed by atoms with Gasteiger partial charge in [0.15, 0.2) is 0 Å². The Labute approximate surface area is 221 Å². The lowest BCUT2D eigenvalue weighted by molar-refractivity contribution is -0.132. The Kier molecular flexibility index (Phi) is 7.11. The fourth-order valence-corrected chi connectivity index (χ4v) is 5.72. The van der Waals surface area contributed by atoms with Crippen LogP contribution in [0.1, 0.15) is 34.5 Å². The van der Waals surface area contributed by atoms with Crippen molar-refractivity contribution in [2.45, 2.75) is 36.3 Å². The number of alkyl halides is 3. The van der Waals surface area contributed by atoms with E-state index in [2.05, 4.69) is 15.3 Å². The Balaban J connectivity index is 1.38. The van der Waals surface area contributed by atoms with Gasteiger partial charge in [-0.15, -0.1) is 11.6 Å². The van der Waals surface area contributed by atoms with Crippen LogP contribution in [0.4, 0.5) is 18.9 Å². The molecule has 3 aromatic rings. The number of hydrogen-bond donors (Lipinski definition) is 2. The number of nitrogens with one attached hydrogen (secondary N) is 1. The predicted molar refractivity (Wildman–Crippen MR) is 133 cm³/mol. The van der Waals surface area contributed by atoms with Gasteiger partial charge in [-0.3, -0.25) is 19.6 Å². The maximum Gasteiger partial charge on any atom is 0.270 e. The minimum Gasteiger partial charge on any atom is -0.370 e. The van der Waals surface area contributed by atoms with Crippen LogP contribution in [0, 0.1) is 17.7 Å². The summed E-state index contributed by atoms with van der Waals surface area (Å²) in [5, 5.41) is 13.6. The summed E-state index contributed by atoms with van der Waals surface area (Å²) in [6, 6.07) is 11.1. The van der Waals surface area contributed by atoms with Crippen LogP contribution < -0.4 is 10.2 Å². The van der Waals surface area contributed by atoms with E-state index in [1.807, 2.05) is 0 Å². The number of aliphatic hydroxyl groups is 1. The number of aromatic nitrogens is 2. The molecule has 1 aliphatic heterocycles. The summed E-state index contributed by atoms with van der Waals surface area (Å²) in [5.41, 5.74) is -1.30. The van der Waals surface area contributed by atoms with Crippen LogP contribution in [0.25, 0.3) is 0 Å². The molecule has 5 atom stereocenters. The van der Waals surface area contributed by atoms with Crippen LogP contribution in [0.3, 0.4) is 0 Å². The van der Waals surface area contributed by atoms with Crippen molar-refractivity contribution in [2.75, 3.05) is 11.4 Å². The van der Waals surface area contributed by atoms with Gasteiger partial charge >= 0.3 is 0 Å². The van der Waals surface area contributed by atoms with E-state index in [1.165, 1.54) is 29.4 Å². The Morgan fingerprint density at radius 2 is 1.95 bits per heavy atom. The SMILES string of the molecule is O=C(N[C@@H]1C[C@@H](Cl)[C@@H](CN2C(=O)[C@](O)(c3ccc(F)cn3)c3ccccc32)C[C@H]1C(F)F)c1cccnc1. The molecule has 0 saturated heterocycles. The van der Waals surface area contributed by atoms with E-state index in [0.29, 0.717) is 5.69 Å². The van der Waals surface area contributed by atoms with E-state index in [-0.39, 0.29) is 36.2 Å². The second kappa shape index (κ2) is 10.3. The molecule has 1 saturated carbocycles. The quantitative estimate of drug-likeness (QED) is 0.459. The van der Waals surface area contributed by atoms with Gasteiger partial charge in [0.05, 0.1) is 23.1 Å². The van der Waals surface area contributed by atoms with Gasteiger partial charge in [-0.05, 0) is 49.1 Å². The molecule has 198 valence electrons. The molecule has 0 radical (unpaired) electrons. The normalized spacial score (nSPS) is 26.9. The molecule has 5 rings (SSSR count). The Morgan fingerprint density at radius 3 is 2.63 bits per heavy atom. The van der Waals surface area contributed by atoms with Crippen LogP contribution in [-0.4, -0.2) is 51.3 Å². The van der Waals surface area contributed by atoms with E-state index in [0.717, 1.165) is 12.3 Å². The second-order valence-corrected chi connectivity index (χ2v) is 10.1. The van der Waals surface area contributed by atoms with Crippen molar-refractivity contribution in [3.8, 4) is 0 Å². The molecule has 1 aliphatic carbocycles.